The Morgan fingerprint density at radius 3 is 2.41 bits per heavy atom. The number of hydrogen-bond acceptors (Lipinski definition) is 2. The lowest BCUT2D eigenvalue weighted by Crippen LogP contribution is -2.42. The van der Waals surface area contributed by atoms with E-state index < -0.39 is 11.9 Å². The predicted molar refractivity (Wildman–Crippen MR) is 65.6 cm³/mol. The summed E-state index contributed by atoms with van der Waals surface area (Å²) < 4.78 is 0. The summed E-state index contributed by atoms with van der Waals surface area (Å²) in [4.78, 5) is 22.8. The molecule has 17 heavy (non-hydrogen) atoms. The molecule has 1 fully saturated rings. The molecule has 96 valence electrons. The van der Waals surface area contributed by atoms with Crippen LogP contribution in [-0.4, -0.2) is 23.0 Å². The third kappa shape index (κ3) is 4.59. The Balaban J connectivity index is 2.67. The first-order valence-corrected chi connectivity index (χ1v) is 6.19. The van der Waals surface area contributed by atoms with Gasteiger partial charge in [-0.2, -0.15) is 0 Å². The van der Waals surface area contributed by atoms with Crippen molar-refractivity contribution in [2.45, 2.75) is 52.0 Å². The van der Waals surface area contributed by atoms with Crippen molar-refractivity contribution in [1.82, 2.24) is 5.32 Å². The van der Waals surface area contributed by atoms with Crippen LogP contribution in [0.2, 0.25) is 0 Å². The molecule has 0 aromatic rings. The lowest BCUT2D eigenvalue weighted by molar-refractivity contribution is -0.143. The van der Waals surface area contributed by atoms with E-state index in [-0.39, 0.29) is 11.9 Å². The summed E-state index contributed by atoms with van der Waals surface area (Å²) in [7, 11) is 0. The molecule has 1 aliphatic rings. The maximum Gasteiger partial charge on any atom is 0.308 e. The summed E-state index contributed by atoms with van der Waals surface area (Å²) in [6.07, 6.45) is 5.92. The van der Waals surface area contributed by atoms with Gasteiger partial charge in [0.2, 0.25) is 5.91 Å². The van der Waals surface area contributed by atoms with Gasteiger partial charge in [-0.25, -0.2) is 0 Å². The van der Waals surface area contributed by atoms with Crippen molar-refractivity contribution in [3.8, 4) is 0 Å². The number of hydrogen-bond donors (Lipinski definition) is 2. The van der Waals surface area contributed by atoms with E-state index in [1.165, 1.54) is 6.08 Å². The van der Waals surface area contributed by atoms with Crippen molar-refractivity contribution in [2.75, 3.05) is 0 Å². The summed E-state index contributed by atoms with van der Waals surface area (Å²) in [6, 6.07) is -0.224. The molecule has 0 aliphatic heterocycles. The van der Waals surface area contributed by atoms with Gasteiger partial charge in [0.15, 0.2) is 0 Å². The van der Waals surface area contributed by atoms with Gasteiger partial charge in [0, 0.05) is 12.1 Å². The minimum atomic E-state index is -0.797. The minimum absolute atomic E-state index is 0.178. The van der Waals surface area contributed by atoms with Crippen LogP contribution in [0.3, 0.4) is 0 Å². The minimum Gasteiger partial charge on any atom is -0.481 e. The van der Waals surface area contributed by atoms with Gasteiger partial charge in [0.05, 0.1) is 5.92 Å². The van der Waals surface area contributed by atoms with E-state index in [9.17, 15) is 9.59 Å². The number of carboxylic acids is 1. The second-order valence-electron chi connectivity index (χ2n) is 4.92. The summed E-state index contributed by atoms with van der Waals surface area (Å²) in [5.41, 5.74) is 0.919. The largest absolute Gasteiger partial charge is 0.481 e. The number of nitrogens with one attached hydrogen (secondary N) is 1. The van der Waals surface area contributed by atoms with Crippen molar-refractivity contribution in [2.24, 2.45) is 5.92 Å². The monoisotopic (exact) mass is 239 g/mol. The Labute approximate surface area is 102 Å². The summed E-state index contributed by atoms with van der Waals surface area (Å²) in [6.45, 7) is 3.70. The van der Waals surface area contributed by atoms with E-state index in [2.05, 4.69) is 5.32 Å². The van der Waals surface area contributed by atoms with Crippen LogP contribution in [-0.2, 0) is 9.59 Å². The Bertz CT molecular complexity index is 319. The number of carboxylic acid groups (broad SMARTS) is 1. The van der Waals surface area contributed by atoms with Crippen LogP contribution in [0.4, 0.5) is 0 Å². The molecule has 0 heterocycles. The van der Waals surface area contributed by atoms with Crippen LogP contribution in [0.15, 0.2) is 11.6 Å². The van der Waals surface area contributed by atoms with E-state index in [1.807, 2.05) is 13.8 Å². The molecule has 2 unspecified atom stereocenters. The smallest absolute Gasteiger partial charge is 0.308 e. The van der Waals surface area contributed by atoms with E-state index in [0.29, 0.717) is 6.42 Å². The fourth-order valence-electron chi connectivity index (χ4n) is 2.26. The van der Waals surface area contributed by atoms with Crippen LogP contribution < -0.4 is 5.32 Å². The summed E-state index contributed by atoms with van der Waals surface area (Å²) in [5.74, 6) is -1.41. The Hall–Kier alpha value is -1.32. The van der Waals surface area contributed by atoms with Crippen molar-refractivity contribution in [3.05, 3.63) is 11.6 Å². The second-order valence-corrected chi connectivity index (χ2v) is 4.92. The van der Waals surface area contributed by atoms with Crippen LogP contribution in [0.5, 0.6) is 0 Å². The Morgan fingerprint density at radius 2 is 1.82 bits per heavy atom. The summed E-state index contributed by atoms with van der Waals surface area (Å²) >= 11 is 0. The fraction of sp³-hybridized carbons (Fsp3) is 0.692. The van der Waals surface area contributed by atoms with Crippen LogP contribution in [0.25, 0.3) is 0 Å². The second kappa shape index (κ2) is 6.42. The zero-order chi connectivity index (χ0) is 12.8. The molecule has 1 rings (SSSR count). The fourth-order valence-corrected chi connectivity index (χ4v) is 2.26. The number of rotatable bonds is 3. The number of amides is 1. The lowest BCUT2D eigenvalue weighted by Gasteiger charge is -2.22. The highest BCUT2D eigenvalue weighted by molar-refractivity contribution is 5.88. The molecule has 2 atom stereocenters. The van der Waals surface area contributed by atoms with Gasteiger partial charge in [-0.15, -0.1) is 0 Å². The Morgan fingerprint density at radius 1 is 1.18 bits per heavy atom. The third-order valence-corrected chi connectivity index (χ3v) is 3.08. The quantitative estimate of drug-likeness (QED) is 0.585. The number of aliphatic carboxylic acids is 1. The maximum atomic E-state index is 11.6. The zero-order valence-corrected chi connectivity index (χ0v) is 10.5. The molecule has 0 aromatic heterocycles. The van der Waals surface area contributed by atoms with Gasteiger partial charge in [-0.05, 0) is 26.7 Å². The van der Waals surface area contributed by atoms with Crippen molar-refractivity contribution < 1.29 is 14.7 Å². The van der Waals surface area contributed by atoms with Crippen LogP contribution in [0.1, 0.15) is 46.0 Å². The first-order chi connectivity index (χ1) is 8.00. The number of carbonyl (C=O) groups excluding carboxylic acids is 1. The van der Waals surface area contributed by atoms with E-state index in [4.69, 9.17) is 5.11 Å². The lowest BCUT2D eigenvalue weighted by atomic mass is 9.95. The summed E-state index contributed by atoms with van der Waals surface area (Å²) in [5, 5.41) is 12.0. The molecule has 4 nitrogen and oxygen atoms in total. The van der Waals surface area contributed by atoms with Gasteiger partial charge in [-0.1, -0.05) is 24.8 Å². The highest BCUT2D eigenvalue weighted by Crippen LogP contribution is 2.23. The number of carbonyl (C=O) groups is 2. The van der Waals surface area contributed by atoms with Gasteiger partial charge >= 0.3 is 5.97 Å². The molecule has 2 N–H and O–H groups in total. The highest BCUT2D eigenvalue weighted by atomic mass is 16.4. The zero-order valence-electron chi connectivity index (χ0n) is 10.5. The highest BCUT2D eigenvalue weighted by Gasteiger charge is 2.30. The van der Waals surface area contributed by atoms with E-state index in [1.54, 1.807) is 0 Å². The van der Waals surface area contributed by atoms with Gasteiger partial charge in [0.1, 0.15) is 0 Å². The standard InChI is InChI=1S/C13H21NO3/c1-9(2)8-12(15)14-11-7-5-3-4-6-10(11)13(16)17/h8,10-11H,3-7H2,1-2H3,(H,14,15)(H,16,17). The van der Waals surface area contributed by atoms with Gasteiger partial charge in [0.25, 0.3) is 0 Å². The van der Waals surface area contributed by atoms with E-state index >= 15 is 0 Å². The molecule has 0 spiro atoms. The molecule has 1 aliphatic carbocycles. The topological polar surface area (TPSA) is 66.4 Å². The first kappa shape index (κ1) is 13.7. The van der Waals surface area contributed by atoms with E-state index in [0.717, 1.165) is 31.3 Å². The average Bonchev–Trinajstić information content (AvgIpc) is 2.41. The molecule has 0 radical (unpaired) electrons. The third-order valence-electron chi connectivity index (χ3n) is 3.08. The molecule has 0 saturated heterocycles. The Kier molecular flexibility index (Phi) is 5.19. The maximum absolute atomic E-state index is 11.6. The predicted octanol–water partition coefficient (Wildman–Crippen LogP) is 2.10. The SMILES string of the molecule is CC(C)=CC(=O)NC1CCCCCC1C(=O)O. The molecular weight excluding hydrogens is 218 g/mol. The van der Waals surface area contributed by atoms with Gasteiger partial charge < -0.3 is 10.4 Å². The molecule has 1 saturated carbocycles. The molecular formula is C13H21NO3. The normalized spacial score (nSPS) is 24.6. The van der Waals surface area contributed by atoms with Crippen molar-refractivity contribution in [1.29, 1.82) is 0 Å². The molecule has 0 bridgehead atoms. The van der Waals surface area contributed by atoms with Crippen LogP contribution >= 0.6 is 0 Å². The number of allylic oxidation sites excluding steroid dienone is 1. The first-order valence-electron chi connectivity index (χ1n) is 6.19. The molecule has 0 aromatic carbocycles. The molecule has 1 amide bonds. The van der Waals surface area contributed by atoms with Crippen molar-refractivity contribution in [3.63, 3.8) is 0 Å². The molecule has 4 heteroatoms. The van der Waals surface area contributed by atoms with Crippen molar-refractivity contribution >= 4 is 11.9 Å². The average molecular weight is 239 g/mol. The van der Waals surface area contributed by atoms with Crippen LogP contribution in [0, 0.1) is 5.92 Å². The van der Waals surface area contributed by atoms with Gasteiger partial charge in [-0.3, -0.25) is 9.59 Å².